The number of rotatable bonds is 8. The van der Waals surface area contributed by atoms with Crippen molar-refractivity contribution in [1.82, 2.24) is 4.90 Å². The van der Waals surface area contributed by atoms with Gasteiger partial charge in [0.05, 0.1) is 13.0 Å². The van der Waals surface area contributed by atoms with E-state index in [1.54, 1.807) is 31.2 Å². The smallest absolute Gasteiger partial charge is 0.349 e. The number of benzene rings is 1. The predicted octanol–water partition coefficient (Wildman–Crippen LogP) is 1.57. The van der Waals surface area contributed by atoms with Gasteiger partial charge in [-0.2, -0.15) is 0 Å². The average molecular weight is 347 g/mol. The van der Waals surface area contributed by atoms with Gasteiger partial charge in [-0.05, 0) is 25.5 Å². The molecule has 0 saturated carbocycles. The van der Waals surface area contributed by atoms with Gasteiger partial charge >= 0.3 is 11.6 Å². The molecular formula is C18H21NO6. The van der Waals surface area contributed by atoms with Crippen LogP contribution in [0, 0.1) is 0 Å². The summed E-state index contributed by atoms with van der Waals surface area (Å²) in [6, 6.07) is 8.39. The number of amides is 1. The topological polar surface area (TPSA) is 97.1 Å². The molecule has 0 aliphatic heterocycles. The van der Waals surface area contributed by atoms with E-state index < -0.39 is 17.5 Å². The van der Waals surface area contributed by atoms with Crippen LogP contribution in [-0.4, -0.2) is 48.2 Å². The van der Waals surface area contributed by atoms with Crippen molar-refractivity contribution in [1.29, 1.82) is 0 Å². The van der Waals surface area contributed by atoms with Crippen molar-refractivity contribution in [2.24, 2.45) is 0 Å². The molecule has 0 unspecified atom stereocenters. The lowest BCUT2D eigenvalue weighted by molar-refractivity contribution is -0.143. The van der Waals surface area contributed by atoms with Gasteiger partial charge in [0.2, 0.25) is 0 Å². The van der Waals surface area contributed by atoms with Gasteiger partial charge in [-0.3, -0.25) is 9.59 Å². The van der Waals surface area contributed by atoms with Crippen molar-refractivity contribution in [2.45, 2.75) is 19.8 Å². The lowest BCUT2D eigenvalue weighted by Gasteiger charge is -2.21. The molecule has 2 rings (SSSR count). The molecule has 1 heterocycles. The summed E-state index contributed by atoms with van der Waals surface area (Å²) in [4.78, 5) is 37.7. The Bertz CT molecular complexity index is 797. The Hall–Kier alpha value is -2.67. The van der Waals surface area contributed by atoms with Crippen molar-refractivity contribution in [3.05, 3.63) is 46.3 Å². The Balaban J connectivity index is 2.24. The first-order valence-electron chi connectivity index (χ1n) is 8.15. The Morgan fingerprint density at radius 1 is 1.24 bits per heavy atom. The SMILES string of the molecule is CCOC(=O)CCN(CCCO)C(=O)c1cc2ccccc2oc1=O. The van der Waals surface area contributed by atoms with Gasteiger partial charge in [-0.1, -0.05) is 18.2 Å². The van der Waals surface area contributed by atoms with Gasteiger partial charge in [-0.25, -0.2) is 4.79 Å². The molecule has 1 N–H and O–H groups in total. The molecule has 0 aliphatic rings. The second-order valence-electron chi connectivity index (χ2n) is 5.41. The third-order valence-electron chi connectivity index (χ3n) is 3.64. The molecule has 7 heteroatoms. The van der Waals surface area contributed by atoms with Crippen LogP contribution in [0.25, 0.3) is 11.0 Å². The molecule has 1 amide bonds. The highest BCUT2D eigenvalue weighted by molar-refractivity contribution is 5.96. The van der Waals surface area contributed by atoms with Crippen molar-refractivity contribution in [3.8, 4) is 0 Å². The number of carbonyl (C=O) groups is 2. The molecule has 0 bridgehead atoms. The predicted molar refractivity (Wildman–Crippen MR) is 91.3 cm³/mol. The second kappa shape index (κ2) is 8.98. The van der Waals surface area contributed by atoms with Crippen molar-refractivity contribution in [3.63, 3.8) is 0 Å². The fourth-order valence-electron chi connectivity index (χ4n) is 2.42. The number of hydrogen-bond donors (Lipinski definition) is 1. The molecule has 0 radical (unpaired) electrons. The van der Waals surface area contributed by atoms with E-state index in [-0.39, 0.29) is 38.3 Å². The first-order chi connectivity index (χ1) is 12.1. The summed E-state index contributed by atoms with van der Waals surface area (Å²) in [5, 5.41) is 9.65. The number of carbonyl (C=O) groups excluding carboxylic acids is 2. The number of nitrogens with zero attached hydrogens (tertiary/aromatic N) is 1. The van der Waals surface area contributed by atoms with Crippen LogP contribution in [-0.2, 0) is 9.53 Å². The van der Waals surface area contributed by atoms with Gasteiger partial charge in [0.1, 0.15) is 11.1 Å². The van der Waals surface area contributed by atoms with Crippen LogP contribution in [0.4, 0.5) is 0 Å². The van der Waals surface area contributed by atoms with Gasteiger partial charge in [-0.15, -0.1) is 0 Å². The van der Waals surface area contributed by atoms with E-state index in [0.29, 0.717) is 17.4 Å². The normalized spacial score (nSPS) is 10.6. The Morgan fingerprint density at radius 2 is 2.00 bits per heavy atom. The zero-order chi connectivity index (χ0) is 18.2. The van der Waals surface area contributed by atoms with E-state index in [1.165, 1.54) is 11.0 Å². The Morgan fingerprint density at radius 3 is 2.72 bits per heavy atom. The molecule has 25 heavy (non-hydrogen) atoms. The molecule has 0 fully saturated rings. The van der Waals surface area contributed by atoms with E-state index in [9.17, 15) is 14.4 Å². The van der Waals surface area contributed by atoms with Gasteiger partial charge in [0.25, 0.3) is 5.91 Å². The van der Waals surface area contributed by atoms with E-state index in [4.69, 9.17) is 14.3 Å². The van der Waals surface area contributed by atoms with Crippen LogP contribution in [0.2, 0.25) is 0 Å². The monoisotopic (exact) mass is 347 g/mol. The number of para-hydroxylation sites is 1. The zero-order valence-electron chi connectivity index (χ0n) is 14.1. The summed E-state index contributed by atoms with van der Waals surface area (Å²) >= 11 is 0. The van der Waals surface area contributed by atoms with Crippen molar-refractivity contribution >= 4 is 22.8 Å². The molecule has 2 aromatic rings. The van der Waals surface area contributed by atoms with Crippen LogP contribution < -0.4 is 5.63 Å². The van der Waals surface area contributed by atoms with Crippen LogP contribution in [0.15, 0.2) is 39.5 Å². The lowest BCUT2D eigenvalue weighted by atomic mass is 10.1. The molecular weight excluding hydrogens is 326 g/mol. The maximum absolute atomic E-state index is 12.7. The first-order valence-corrected chi connectivity index (χ1v) is 8.15. The highest BCUT2D eigenvalue weighted by Gasteiger charge is 2.21. The third kappa shape index (κ3) is 4.90. The van der Waals surface area contributed by atoms with E-state index in [0.717, 1.165) is 0 Å². The number of fused-ring (bicyclic) bond motifs is 1. The number of aliphatic hydroxyl groups is 1. The number of ether oxygens (including phenoxy) is 1. The minimum absolute atomic E-state index is 0.0178. The third-order valence-corrected chi connectivity index (χ3v) is 3.64. The molecule has 134 valence electrons. The lowest BCUT2D eigenvalue weighted by Crippen LogP contribution is -2.37. The molecule has 1 aromatic carbocycles. The Labute approximate surface area is 144 Å². The van der Waals surface area contributed by atoms with Crippen LogP contribution in [0.3, 0.4) is 0 Å². The van der Waals surface area contributed by atoms with Crippen LogP contribution in [0.5, 0.6) is 0 Å². The zero-order valence-corrected chi connectivity index (χ0v) is 14.1. The minimum atomic E-state index is -0.728. The van der Waals surface area contributed by atoms with Gasteiger partial charge < -0.3 is 19.2 Å². The molecule has 0 atom stereocenters. The Kier molecular flexibility index (Phi) is 6.71. The second-order valence-corrected chi connectivity index (χ2v) is 5.41. The largest absolute Gasteiger partial charge is 0.466 e. The maximum atomic E-state index is 12.7. The fourth-order valence-corrected chi connectivity index (χ4v) is 2.42. The standard InChI is InChI=1S/C18H21NO6/c1-2-24-16(21)8-10-19(9-5-11-20)17(22)14-12-13-6-3-4-7-15(13)25-18(14)23/h3-4,6-7,12,20H,2,5,8-11H2,1H3. The number of aliphatic hydroxyl groups excluding tert-OH is 1. The average Bonchev–Trinajstić information content (AvgIpc) is 2.61. The summed E-state index contributed by atoms with van der Waals surface area (Å²) in [6.07, 6.45) is 0.359. The quantitative estimate of drug-likeness (QED) is 0.575. The van der Waals surface area contributed by atoms with Gasteiger partial charge in [0, 0.05) is 25.1 Å². The molecule has 0 saturated heterocycles. The summed E-state index contributed by atoms with van der Waals surface area (Å²) < 4.78 is 10.0. The number of hydrogen-bond acceptors (Lipinski definition) is 6. The highest BCUT2D eigenvalue weighted by Crippen LogP contribution is 2.14. The van der Waals surface area contributed by atoms with Crippen LogP contribution >= 0.6 is 0 Å². The molecule has 0 spiro atoms. The highest BCUT2D eigenvalue weighted by atomic mass is 16.5. The first kappa shape index (κ1) is 18.7. The van der Waals surface area contributed by atoms with Gasteiger partial charge in [0.15, 0.2) is 0 Å². The van der Waals surface area contributed by atoms with E-state index in [2.05, 4.69) is 0 Å². The molecule has 7 nitrogen and oxygen atoms in total. The van der Waals surface area contributed by atoms with E-state index >= 15 is 0 Å². The number of esters is 1. The van der Waals surface area contributed by atoms with E-state index in [1.807, 2.05) is 0 Å². The molecule has 0 aliphatic carbocycles. The van der Waals surface area contributed by atoms with Crippen LogP contribution in [0.1, 0.15) is 30.1 Å². The summed E-state index contributed by atoms with van der Waals surface area (Å²) in [7, 11) is 0. The molecule has 1 aromatic heterocycles. The summed E-state index contributed by atoms with van der Waals surface area (Å²) in [5.74, 6) is -0.952. The van der Waals surface area contributed by atoms with Crippen molar-refractivity contribution < 1.29 is 23.8 Å². The summed E-state index contributed by atoms with van der Waals surface area (Å²) in [5.41, 5.74) is -0.424. The minimum Gasteiger partial charge on any atom is -0.466 e. The fraction of sp³-hybridized carbons (Fsp3) is 0.389. The maximum Gasteiger partial charge on any atom is 0.349 e. The van der Waals surface area contributed by atoms with Crippen molar-refractivity contribution in [2.75, 3.05) is 26.3 Å². The summed E-state index contributed by atoms with van der Waals surface area (Å²) in [6.45, 7) is 2.19.